The molecule has 0 saturated heterocycles. The van der Waals surface area contributed by atoms with Crippen molar-refractivity contribution in [1.29, 1.82) is 5.26 Å². The van der Waals surface area contributed by atoms with Gasteiger partial charge in [-0.15, -0.1) is 37.3 Å². The summed E-state index contributed by atoms with van der Waals surface area (Å²) >= 11 is 1.88. The number of hydrogen-bond donors (Lipinski definition) is 6. The zero-order chi connectivity index (χ0) is 59.1. The molecule has 0 spiro atoms. The smallest absolute Gasteiger partial charge is 0.300 e. The van der Waals surface area contributed by atoms with E-state index in [2.05, 4.69) is 40.7 Å². The van der Waals surface area contributed by atoms with Crippen LogP contribution in [0.15, 0.2) is 111 Å². The lowest BCUT2D eigenvalue weighted by molar-refractivity contribution is 0.317. The minimum Gasteiger partial charge on any atom is -0.495 e. The molecule has 8 aromatic rings. The molecule has 0 amide bonds. The van der Waals surface area contributed by atoms with E-state index in [1.54, 1.807) is 6.92 Å². The molecule has 0 aliphatic rings. The standard InChI is InChI=1S/C45H40N10O19S7/c1-22-15-30(50-53-38-23(2)27(21-46)43-47-28-9-10-33(72-3)42(81(69,70)71)40(28)55(43)44(38)56)35(74-11-5-13-77(57,58)59)18-29(22)49-52-32-19-34(73-4)31(20-36(32)75-12-6-14-78(60,61)62)51-54-45-48-39-37(80(66,67)68)17-24-16-25(79(63,64)65)7-8-26(24)41(39)76-45/h7-10,15-20,56H,5-6,11-14H2,1-4H3,(H,57,58,59)(H,60,61,62)(H,63,64,65)(H,66,67,68)(H,69,70,71). The largest absolute Gasteiger partial charge is 0.495 e. The van der Waals surface area contributed by atoms with Crippen LogP contribution in [0.4, 0.5) is 33.6 Å². The Bertz CT molecular complexity index is 4660. The minimum atomic E-state index is -5.06. The molecule has 36 heteroatoms. The molecule has 81 heavy (non-hydrogen) atoms. The molecule has 426 valence electrons. The average molecular weight is 1250 g/mol. The van der Waals surface area contributed by atoms with Crippen molar-refractivity contribution < 1.29 is 84.2 Å². The van der Waals surface area contributed by atoms with Gasteiger partial charge in [0.05, 0.1) is 53.1 Å². The second kappa shape index (κ2) is 22.9. The summed E-state index contributed by atoms with van der Waals surface area (Å²) < 4.78 is 187. The Morgan fingerprint density at radius 3 is 1.98 bits per heavy atom. The maximum atomic E-state index is 12.7. The Kier molecular flexibility index (Phi) is 16.8. The Morgan fingerprint density at radius 2 is 1.33 bits per heavy atom. The topological polar surface area (TPSA) is 448 Å². The maximum absolute atomic E-state index is 12.7. The van der Waals surface area contributed by atoms with Crippen molar-refractivity contribution in [2.75, 3.05) is 38.1 Å². The van der Waals surface area contributed by atoms with Gasteiger partial charge >= 0.3 is 0 Å². The Morgan fingerprint density at radius 1 is 0.691 bits per heavy atom. The van der Waals surface area contributed by atoms with Crippen LogP contribution in [0.3, 0.4) is 0 Å². The molecule has 0 aliphatic heterocycles. The van der Waals surface area contributed by atoms with Crippen LogP contribution < -0.4 is 14.2 Å². The van der Waals surface area contributed by atoms with Gasteiger partial charge in [-0.2, -0.15) is 52.5 Å². The van der Waals surface area contributed by atoms with Gasteiger partial charge in [0.15, 0.2) is 16.2 Å². The fraction of sp³-hybridized carbons (Fsp3) is 0.222. The molecule has 8 rings (SSSR count). The van der Waals surface area contributed by atoms with Crippen LogP contribution in [0.2, 0.25) is 0 Å². The first-order chi connectivity index (χ1) is 37.9. The monoisotopic (exact) mass is 1250 g/mol. The van der Waals surface area contributed by atoms with E-state index in [0.717, 1.165) is 52.8 Å². The van der Waals surface area contributed by atoms with Crippen LogP contribution in [0.1, 0.15) is 29.5 Å². The third-order valence-corrected chi connectivity index (χ3v) is 17.9. The highest BCUT2D eigenvalue weighted by molar-refractivity contribution is 7.99. The van der Waals surface area contributed by atoms with Crippen molar-refractivity contribution >= 4 is 145 Å². The third-order valence-electron chi connectivity index (χ3n) is 11.6. The van der Waals surface area contributed by atoms with Crippen LogP contribution in [-0.4, -0.2) is 122 Å². The molecule has 0 aliphatic carbocycles. The Hall–Kier alpha value is -7.41. The van der Waals surface area contributed by atoms with Crippen molar-refractivity contribution in [3.63, 3.8) is 0 Å². The number of nitriles is 1. The number of aromatic hydroxyl groups is 1. The number of thiazole rings is 1. The highest BCUT2D eigenvalue weighted by atomic mass is 32.2. The zero-order valence-corrected chi connectivity index (χ0v) is 47.6. The summed E-state index contributed by atoms with van der Waals surface area (Å²) in [5.41, 5.74) is -0.835. The molecule has 0 atom stereocenters. The highest BCUT2D eigenvalue weighted by Crippen LogP contribution is 2.46. The molecule has 3 heterocycles. The maximum Gasteiger partial charge on any atom is 0.300 e. The number of fused-ring (bicyclic) bond motifs is 6. The van der Waals surface area contributed by atoms with E-state index in [1.165, 1.54) is 56.5 Å². The van der Waals surface area contributed by atoms with E-state index < -0.39 is 82.7 Å². The summed E-state index contributed by atoms with van der Waals surface area (Å²) in [7, 11) is -21.1. The van der Waals surface area contributed by atoms with E-state index >= 15 is 0 Å². The third kappa shape index (κ3) is 13.2. The average Bonchev–Trinajstić information content (AvgIpc) is 2.61. The Labute approximate surface area is 467 Å². The van der Waals surface area contributed by atoms with Crippen molar-refractivity contribution in [3.05, 3.63) is 77.4 Å². The van der Waals surface area contributed by atoms with Crippen molar-refractivity contribution in [2.24, 2.45) is 30.7 Å². The van der Waals surface area contributed by atoms with Crippen molar-refractivity contribution in [1.82, 2.24) is 14.4 Å². The lowest BCUT2D eigenvalue weighted by Crippen LogP contribution is -2.08. The number of aromatic nitrogens is 3. The predicted octanol–water partition coefficient (Wildman–Crippen LogP) is 9.47. The van der Waals surface area contributed by atoms with Gasteiger partial charge < -0.3 is 19.3 Å². The van der Waals surface area contributed by atoms with E-state index in [9.17, 15) is 75.2 Å². The first-order valence-corrected chi connectivity index (χ1v) is 32.0. The van der Waals surface area contributed by atoms with Gasteiger partial charge in [-0.25, -0.2) is 9.97 Å². The predicted molar refractivity (Wildman–Crippen MR) is 292 cm³/mol. The molecule has 29 nitrogen and oxygen atoms in total. The molecule has 0 saturated carbocycles. The number of benzene rings is 5. The van der Waals surface area contributed by atoms with Crippen LogP contribution in [0, 0.1) is 25.2 Å². The van der Waals surface area contributed by atoms with Gasteiger partial charge in [-0.05, 0) is 85.9 Å². The number of aryl methyl sites for hydroxylation is 1. The lowest BCUT2D eigenvalue weighted by atomic mass is 10.1. The summed E-state index contributed by atoms with van der Waals surface area (Å²) in [6, 6.07) is 14.5. The van der Waals surface area contributed by atoms with Crippen molar-refractivity contribution in [2.45, 2.75) is 46.3 Å². The lowest BCUT2D eigenvalue weighted by Gasteiger charge is -2.13. The molecule has 6 N–H and O–H groups in total. The van der Waals surface area contributed by atoms with Gasteiger partial charge in [-0.3, -0.25) is 27.2 Å². The number of rotatable bonds is 21. The Balaban J connectivity index is 1.20. The van der Waals surface area contributed by atoms with Crippen LogP contribution in [0.5, 0.6) is 23.1 Å². The summed E-state index contributed by atoms with van der Waals surface area (Å²) in [6.07, 6.45) is -0.265. The first kappa shape index (κ1) is 59.7. The molecule has 5 aromatic carbocycles. The number of methoxy groups -OCH3 is 2. The first-order valence-electron chi connectivity index (χ1n) is 22.6. The fourth-order valence-corrected chi connectivity index (χ4v) is 13.1. The molecule has 0 fully saturated rings. The minimum absolute atomic E-state index is 0.0155. The molecular weight excluding hydrogens is 1210 g/mol. The van der Waals surface area contributed by atoms with Gasteiger partial charge in [-0.1, -0.05) is 17.4 Å². The number of hydrogen-bond acceptors (Lipinski definition) is 25. The van der Waals surface area contributed by atoms with Gasteiger partial charge in [0.1, 0.15) is 61.9 Å². The number of azo groups is 3. The second-order valence-corrected chi connectivity index (χ2v) is 26.5. The van der Waals surface area contributed by atoms with Crippen molar-refractivity contribution in [3.8, 4) is 29.2 Å². The summed E-state index contributed by atoms with van der Waals surface area (Å²) in [6.45, 7) is 2.66. The molecule has 0 bridgehead atoms. The van der Waals surface area contributed by atoms with E-state index in [1.807, 2.05) is 6.07 Å². The van der Waals surface area contributed by atoms with Gasteiger partial charge in [0.25, 0.3) is 50.6 Å². The molecule has 3 aromatic heterocycles. The number of thioether (sulfide) groups is 1. The normalized spacial score (nSPS) is 13.0. The van der Waals surface area contributed by atoms with Gasteiger partial charge in [0.2, 0.25) is 11.0 Å². The van der Waals surface area contributed by atoms with Crippen LogP contribution in [0.25, 0.3) is 37.7 Å². The van der Waals surface area contributed by atoms with E-state index in [-0.39, 0.29) is 125 Å². The number of nitrogens with zero attached hydrogens (tertiary/aromatic N) is 10. The van der Waals surface area contributed by atoms with E-state index in [4.69, 9.17) is 14.2 Å². The number of ether oxygens (including phenoxy) is 3. The van der Waals surface area contributed by atoms with Crippen LogP contribution in [-0.2, 0) is 50.6 Å². The zero-order valence-electron chi connectivity index (χ0n) is 41.8. The van der Waals surface area contributed by atoms with Gasteiger partial charge in [0, 0.05) is 28.0 Å². The molecule has 0 radical (unpaired) electrons. The number of pyridine rings is 1. The fourth-order valence-electron chi connectivity index (χ4n) is 7.94. The SMILES string of the molecule is COc1cc(N=Nc2cc(OCCCS(=O)(=O)O)c(N=Nc3c(C)c(C#N)c4nc5ccc(OC)c(S(=O)(=O)O)c5n4c3O)cc2C)c(SCCCS(=O)(=O)O)cc1N=Nc1nc2c(S(=O)(=O)O)cc3cc(S(=O)(=O)O)ccc3c2s1. The summed E-state index contributed by atoms with van der Waals surface area (Å²) in [4.78, 5) is 6.88. The second-order valence-electron chi connectivity index (χ2n) is 17.1. The molecule has 0 unspecified atom stereocenters. The molecular formula is C45H40N10O19S7. The van der Waals surface area contributed by atoms with Crippen LogP contribution >= 0.6 is 23.1 Å². The summed E-state index contributed by atoms with van der Waals surface area (Å²) in [5.74, 6) is -2.37. The quantitative estimate of drug-likeness (QED) is 0.0169. The summed E-state index contributed by atoms with van der Waals surface area (Å²) in [5, 5.41) is 48.0. The number of imidazole rings is 1. The highest BCUT2D eigenvalue weighted by Gasteiger charge is 2.29. The van der Waals surface area contributed by atoms with E-state index in [0.29, 0.717) is 10.5 Å².